The van der Waals surface area contributed by atoms with Crippen molar-refractivity contribution in [2.75, 3.05) is 6.54 Å². The fourth-order valence-electron chi connectivity index (χ4n) is 2.90. The van der Waals surface area contributed by atoms with Gasteiger partial charge in [0.1, 0.15) is 0 Å². The van der Waals surface area contributed by atoms with Gasteiger partial charge in [-0.05, 0) is 33.1 Å². The van der Waals surface area contributed by atoms with Crippen LogP contribution in [0, 0.1) is 0 Å². The van der Waals surface area contributed by atoms with E-state index in [1.165, 1.54) is 22.3 Å². The highest BCUT2D eigenvalue weighted by molar-refractivity contribution is 5.38. The monoisotopic (exact) mass is 309 g/mol. The molecule has 0 aliphatic carbocycles. The topological polar surface area (TPSA) is 26.0 Å². The molecule has 0 heterocycles. The van der Waals surface area contributed by atoms with Crippen molar-refractivity contribution >= 4 is 0 Å². The number of nitrogens with two attached hydrogens (primary N) is 1. The van der Waals surface area contributed by atoms with Crippen LogP contribution >= 0.6 is 0 Å². The normalized spacial score (nSPS) is 12.7. The molecular formula is C22H31N. The fourth-order valence-corrected chi connectivity index (χ4v) is 2.90. The van der Waals surface area contributed by atoms with Crippen molar-refractivity contribution in [3.63, 3.8) is 0 Å². The highest BCUT2D eigenvalue weighted by Crippen LogP contribution is 2.29. The Kier molecular flexibility index (Phi) is 5.01. The van der Waals surface area contributed by atoms with Gasteiger partial charge in [-0.3, -0.25) is 0 Å². The molecule has 0 radical (unpaired) electrons. The average molecular weight is 309 g/mol. The quantitative estimate of drug-likeness (QED) is 0.810. The summed E-state index contributed by atoms with van der Waals surface area (Å²) in [7, 11) is 0. The second-order valence-electron chi connectivity index (χ2n) is 8.53. The van der Waals surface area contributed by atoms with Crippen LogP contribution < -0.4 is 5.73 Å². The Morgan fingerprint density at radius 3 is 1.17 bits per heavy atom. The third kappa shape index (κ3) is 4.23. The fraction of sp³-hybridized carbons (Fsp3) is 0.455. The molecule has 0 saturated carbocycles. The third-order valence-corrected chi connectivity index (χ3v) is 4.59. The van der Waals surface area contributed by atoms with E-state index < -0.39 is 0 Å². The maximum atomic E-state index is 6.08. The minimum atomic E-state index is 0.186. The maximum absolute atomic E-state index is 6.08. The lowest BCUT2D eigenvalue weighted by molar-refractivity contribution is 0.589. The molecule has 0 fully saturated rings. The molecule has 2 aromatic carbocycles. The Morgan fingerprint density at radius 2 is 0.957 bits per heavy atom. The molecule has 1 nitrogen and oxygen atoms in total. The summed E-state index contributed by atoms with van der Waals surface area (Å²) in [6.45, 7) is 14.1. The molecule has 0 atom stereocenters. The van der Waals surface area contributed by atoms with E-state index >= 15 is 0 Å². The molecule has 0 saturated heterocycles. The van der Waals surface area contributed by atoms with Gasteiger partial charge in [0, 0.05) is 12.5 Å². The van der Waals surface area contributed by atoms with Gasteiger partial charge in [-0.25, -0.2) is 0 Å². The molecule has 2 N–H and O–H groups in total. The van der Waals surface area contributed by atoms with Crippen molar-refractivity contribution in [1.29, 1.82) is 0 Å². The smallest absolute Gasteiger partial charge is 0.0212 e. The summed E-state index contributed by atoms with van der Waals surface area (Å²) in [5.74, 6) is 0.262. The van der Waals surface area contributed by atoms with Gasteiger partial charge in [-0.1, -0.05) is 90.1 Å². The van der Waals surface area contributed by atoms with E-state index in [-0.39, 0.29) is 16.7 Å². The van der Waals surface area contributed by atoms with E-state index in [0.29, 0.717) is 6.54 Å². The highest BCUT2D eigenvalue weighted by atomic mass is 14.5. The van der Waals surface area contributed by atoms with Crippen molar-refractivity contribution in [2.24, 2.45) is 5.73 Å². The van der Waals surface area contributed by atoms with Crippen molar-refractivity contribution in [2.45, 2.75) is 58.3 Å². The molecule has 0 bridgehead atoms. The van der Waals surface area contributed by atoms with Crippen molar-refractivity contribution in [3.8, 4) is 0 Å². The molecule has 0 aliphatic heterocycles. The number of hydrogen-bond donors (Lipinski definition) is 1. The molecule has 2 rings (SSSR count). The zero-order chi connectivity index (χ0) is 17.3. The molecule has 124 valence electrons. The Hall–Kier alpha value is -1.60. The van der Waals surface area contributed by atoms with Gasteiger partial charge in [-0.2, -0.15) is 0 Å². The van der Waals surface area contributed by atoms with Crippen LogP contribution in [0.2, 0.25) is 0 Å². The van der Waals surface area contributed by atoms with Crippen LogP contribution in [-0.2, 0) is 10.8 Å². The predicted octanol–water partition coefficient (Wildman–Crippen LogP) is 5.37. The van der Waals surface area contributed by atoms with Gasteiger partial charge in [0.15, 0.2) is 0 Å². The van der Waals surface area contributed by atoms with E-state index in [1.54, 1.807) is 0 Å². The molecule has 0 spiro atoms. The number of hydrogen-bond acceptors (Lipinski definition) is 1. The van der Waals surface area contributed by atoms with E-state index in [9.17, 15) is 0 Å². The SMILES string of the molecule is CC(C)(C)c1ccc(C(CN)c2ccc(C(C)(C)C)cc2)cc1. The van der Waals surface area contributed by atoms with Crippen LogP contribution in [0.4, 0.5) is 0 Å². The van der Waals surface area contributed by atoms with E-state index in [4.69, 9.17) is 5.73 Å². The molecule has 23 heavy (non-hydrogen) atoms. The number of benzene rings is 2. The molecule has 0 aromatic heterocycles. The maximum Gasteiger partial charge on any atom is 0.0212 e. The standard InChI is InChI=1S/C22H31N/c1-21(2,3)18-11-7-16(8-12-18)20(15-23)17-9-13-19(14-10-17)22(4,5)6/h7-14,20H,15,23H2,1-6H3. The summed E-state index contributed by atoms with van der Waals surface area (Å²) in [5.41, 5.74) is 11.8. The first-order chi connectivity index (χ1) is 10.6. The van der Waals surface area contributed by atoms with Crippen molar-refractivity contribution < 1.29 is 0 Å². The molecule has 0 amide bonds. The lowest BCUT2D eigenvalue weighted by Crippen LogP contribution is -2.16. The molecule has 0 aliphatic rings. The first kappa shape index (κ1) is 17.7. The van der Waals surface area contributed by atoms with Crippen LogP contribution in [0.5, 0.6) is 0 Å². The van der Waals surface area contributed by atoms with Gasteiger partial charge < -0.3 is 5.73 Å². The second-order valence-corrected chi connectivity index (χ2v) is 8.53. The van der Waals surface area contributed by atoms with Gasteiger partial charge in [0.05, 0.1) is 0 Å². The molecule has 2 aromatic rings. The lowest BCUT2D eigenvalue weighted by atomic mass is 9.83. The van der Waals surface area contributed by atoms with E-state index in [2.05, 4.69) is 90.1 Å². The van der Waals surface area contributed by atoms with Crippen LogP contribution in [0.15, 0.2) is 48.5 Å². The highest BCUT2D eigenvalue weighted by Gasteiger charge is 2.18. The van der Waals surface area contributed by atoms with Gasteiger partial charge in [-0.15, -0.1) is 0 Å². The van der Waals surface area contributed by atoms with Crippen LogP contribution in [0.25, 0.3) is 0 Å². The zero-order valence-electron chi connectivity index (χ0n) is 15.5. The lowest BCUT2D eigenvalue weighted by Gasteiger charge is -2.23. The van der Waals surface area contributed by atoms with Crippen molar-refractivity contribution in [1.82, 2.24) is 0 Å². The van der Waals surface area contributed by atoms with Gasteiger partial charge >= 0.3 is 0 Å². The Morgan fingerprint density at radius 1 is 0.652 bits per heavy atom. The molecule has 1 heteroatoms. The van der Waals surface area contributed by atoms with Crippen LogP contribution in [-0.4, -0.2) is 6.54 Å². The zero-order valence-corrected chi connectivity index (χ0v) is 15.5. The number of rotatable bonds is 3. The second kappa shape index (κ2) is 6.49. The minimum absolute atomic E-state index is 0.186. The molecule has 0 unspecified atom stereocenters. The summed E-state index contributed by atoms with van der Waals surface area (Å²) < 4.78 is 0. The van der Waals surface area contributed by atoms with E-state index in [0.717, 1.165) is 0 Å². The Balaban J connectivity index is 2.29. The third-order valence-electron chi connectivity index (χ3n) is 4.59. The van der Waals surface area contributed by atoms with Crippen LogP contribution in [0.1, 0.15) is 69.7 Å². The van der Waals surface area contributed by atoms with Gasteiger partial charge in [0.25, 0.3) is 0 Å². The van der Waals surface area contributed by atoms with Gasteiger partial charge in [0.2, 0.25) is 0 Å². The molecular weight excluding hydrogens is 278 g/mol. The minimum Gasteiger partial charge on any atom is -0.330 e. The summed E-state index contributed by atoms with van der Waals surface area (Å²) in [4.78, 5) is 0. The largest absolute Gasteiger partial charge is 0.330 e. The first-order valence-electron chi connectivity index (χ1n) is 8.54. The van der Waals surface area contributed by atoms with Crippen molar-refractivity contribution in [3.05, 3.63) is 70.8 Å². The summed E-state index contributed by atoms with van der Waals surface area (Å²) >= 11 is 0. The van der Waals surface area contributed by atoms with Crippen LogP contribution in [0.3, 0.4) is 0 Å². The predicted molar refractivity (Wildman–Crippen MR) is 101 cm³/mol. The first-order valence-corrected chi connectivity index (χ1v) is 8.54. The summed E-state index contributed by atoms with van der Waals surface area (Å²) in [6, 6.07) is 17.9. The Bertz CT molecular complexity index is 564. The van der Waals surface area contributed by atoms with E-state index in [1.807, 2.05) is 0 Å². The summed E-state index contributed by atoms with van der Waals surface area (Å²) in [6.07, 6.45) is 0. The average Bonchev–Trinajstić information content (AvgIpc) is 2.47. The summed E-state index contributed by atoms with van der Waals surface area (Å²) in [5, 5.41) is 0. The Labute approximate surface area is 141 Å².